The molecule has 1 N–H and O–H groups in total. The molecule has 0 aromatic heterocycles. The molecule has 0 bridgehead atoms. The first kappa shape index (κ1) is 13.3. The number of hydrogen-bond donors (Lipinski definition) is 1. The Morgan fingerprint density at radius 2 is 2.00 bits per heavy atom. The lowest BCUT2D eigenvalue weighted by molar-refractivity contribution is -0.157. The van der Waals surface area contributed by atoms with Crippen molar-refractivity contribution >= 4 is 11.9 Å². The van der Waals surface area contributed by atoms with E-state index in [1.807, 2.05) is 4.90 Å². The molecule has 1 saturated carbocycles. The van der Waals surface area contributed by atoms with Gasteiger partial charge in [-0.25, -0.2) is 0 Å². The van der Waals surface area contributed by atoms with Crippen molar-refractivity contribution in [1.29, 1.82) is 0 Å². The van der Waals surface area contributed by atoms with Crippen LogP contribution in [0.1, 0.15) is 25.7 Å². The third-order valence-corrected chi connectivity index (χ3v) is 4.14. The van der Waals surface area contributed by atoms with Crippen LogP contribution in [0.4, 0.5) is 0 Å². The minimum Gasteiger partial charge on any atom is -0.481 e. The lowest BCUT2D eigenvalue weighted by Crippen LogP contribution is -2.49. The lowest BCUT2D eigenvalue weighted by atomic mass is 9.72. The number of hydrogen-bond acceptors (Lipinski definition) is 3. The van der Waals surface area contributed by atoms with E-state index in [-0.39, 0.29) is 11.8 Å². The topological polar surface area (TPSA) is 66.8 Å². The molecule has 2 rings (SSSR count). The van der Waals surface area contributed by atoms with Gasteiger partial charge in [-0.1, -0.05) is 0 Å². The molecule has 1 saturated heterocycles. The highest BCUT2D eigenvalue weighted by Crippen LogP contribution is 2.36. The molecule has 5 heteroatoms. The zero-order valence-electron chi connectivity index (χ0n) is 10.8. The number of nitrogens with zero attached hydrogens (tertiary/aromatic N) is 1. The molecular formula is C13H21NO4. The van der Waals surface area contributed by atoms with Crippen LogP contribution in [0.15, 0.2) is 0 Å². The van der Waals surface area contributed by atoms with Gasteiger partial charge in [-0.3, -0.25) is 9.59 Å². The molecular weight excluding hydrogens is 234 g/mol. The molecule has 3 unspecified atom stereocenters. The van der Waals surface area contributed by atoms with Crippen molar-refractivity contribution in [3.8, 4) is 0 Å². The quantitative estimate of drug-likeness (QED) is 0.813. The van der Waals surface area contributed by atoms with Gasteiger partial charge in [0.05, 0.1) is 18.4 Å². The van der Waals surface area contributed by atoms with Crippen molar-refractivity contribution < 1.29 is 19.4 Å². The number of rotatable bonds is 4. The van der Waals surface area contributed by atoms with Crippen molar-refractivity contribution in [1.82, 2.24) is 4.90 Å². The number of carbonyl (C=O) groups is 2. The number of ether oxygens (including phenoxy) is 1. The van der Waals surface area contributed by atoms with Crippen LogP contribution >= 0.6 is 0 Å². The van der Waals surface area contributed by atoms with Crippen LogP contribution in [0.25, 0.3) is 0 Å². The first-order chi connectivity index (χ1) is 8.63. The Bertz CT molecular complexity index is 329. The predicted octanol–water partition coefficient (Wildman–Crippen LogP) is 0.982. The van der Waals surface area contributed by atoms with Gasteiger partial charge in [-0.2, -0.15) is 0 Å². The van der Waals surface area contributed by atoms with Crippen LogP contribution in [-0.2, 0) is 14.3 Å². The molecule has 1 amide bonds. The maximum Gasteiger partial charge on any atom is 0.307 e. The summed E-state index contributed by atoms with van der Waals surface area (Å²) in [5.74, 6) is -1.14. The first-order valence-electron chi connectivity index (χ1n) is 6.64. The van der Waals surface area contributed by atoms with Gasteiger partial charge in [0.25, 0.3) is 0 Å². The van der Waals surface area contributed by atoms with Gasteiger partial charge in [0.1, 0.15) is 0 Å². The molecule has 0 radical (unpaired) electrons. The van der Waals surface area contributed by atoms with Gasteiger partial charge >= 0.3 is 5.97 Å². The summed E-state index contributed by atoms with van der Waals surface area (Å²) < 4.78 is 5.14. The van der Waals surface area contributed by atoms with Crippen LogP contribution in [0, 0.1) is 17.8 Å². The molecule has 5 nitrogen and oxygen atoms in total. The SMILES string of the molecule is COCC1CCCN(C(=O)C2CCC2C(=O)O)C1. The summed E-state index contributed by atoms with van der Waals surface area (Å²) in [4.78, 5) is 25.1. The molecule has 18 heavy (non-hydrogen) atoms. The Morgan fingerprint density at radius 3 is 2.56 bits per heavy atom. The Balaban J connectivity index is 1.90. The maximum absolute atomic E-state index is 12.3. The minimum absolute atomic E-state index is 0.0365. The number of likely N-dealkylation sites (tertiary alicyclic amines) is 1. The second kappa shape index (κ2) is 5.69. The van der Waals surface area contributed by atoms with E-state index in [2.05, 4.69) is 0 Å². The fourth-order valence-corrected chi connectivity index (χ4v) is 2.96. The van der Waals surface area contributed by atoms with E-state index in [0.717, 1.165) is 32.4 Å². The lowest BCUT2D eigenvalue weighted by Gasteiger charge is -2.39. The van der Waals surface area contributed by atoms with Gasteiger partial charge in [0.15, 0.2) is 0 Å². The largest absolute Gasteiger partial charge is 0.481 e. The summed E-state index contributed by atoms with van der Waals surface area (Å²) in [5, 5.41) is 9.00. The second-order valence-electron chi connectivity index (χ2n) is 5.38. The van der Waals surface area contributed by atoms with Gasteiger partial charge in [-0.05, 0) is 31.6 Å². The van der Waals surface area contributed by atoms with Crippen LogP contribution in [0.3, 0.4) is 0 Å². The van der Waals surface area contributed by atoms with E-state index in [4.69, 9.17) is 9.84 Å². The van der Waals surface area contributed by atoms with Gasteiger partial charge < -0.3 is 14.7 Å². The molecule has 1 heterocycles. The summed E-state index contributed by atoms with van der Waals surface area (Å²) in [6, 6.07) is 0. The van der Waals surface area contributed by atoms with Crippen LogP contribution in [0.5, 0.6) is 0 Å². The maximum atomic E-state index is 12.3. The summed E-state index contributed by atoms with van der Waals surface area (Å²) in [7, 11) is 1.67. The molecule has 3 atom stereocenters. The second-order valence-corrected chi connectivity index (χ2v) is 5.38. The highest BCUT2D eigenvalue weighted by Gasteiger charge is 2.43. The van der Waals surface area contributed by atoms with E-state index >= 15 is 0 Å². The normalized spacial score (nSPS) is 31.8. The van der Waals surface area contributed by atoms with Crippen molar-refractivity contribution in [2.45, 2.75) is 25.7 Å². The molecule has 0 spiro atoms. The molecule has 102 valence electrons. The van der Waals surface area contributed by atoms with E-state index in [9.17, 15) is 9.59 Å². The molecule has 0 aromatic rings. The molecule has 2 fully saturated rings. The van der Waals surface area contributed by atoms with Crippen molar-refractivity contribution in [2.75, 3.05) is 26.8 Å². The Morgan fingerprint density at radius 1 is 1.28 bits per heavy atom. The summed E-state index contributed by atoms with van der Waals surface area (Å²) in [6.45, 7) is 2.16. The third kappa shape index (κ3) is 2.66. The number of methoxy groups -OCH3 is 1. The Kier molecular flexibility index (Phi) is 4.22. The fraction of sp³-hybridized carbons (Fsp3) is 0.846. The minimum atomic E-state index is -0.829. The molecule has 2 aliphatic rings. The average molecular weight is 255 g/mol. The van der Waals surface area contributed by atoms with Crippen LogP contribution in [0.2, 0.25) is 0 Å². The molecule has 1 aliphatic heterocycles. The molecule has 0 aromatic carbocycles. The Hall–Kier alpha value is -1.10. The Labute approximate surface area is 107 Å². The summed E-state index contributed by atoms with van der Waals surface area (Å²) in [6.07, 6.45) is 3.44. The van der Waals surface area contributed by atoms with E-state index in [1.165, 1.54) is 0 Å². The third-order valence-electron chi connectivity index (χ3n) is 4.14. The van der Waals surface area contributed by atoms with Crippen molar-refractivity contribution in [3.05, 3.63) is 0 Å². The standard InChI is InChI=1S/C13H21NO4/c1-18-8-9-3-2-6-14(7-9)12(15)10-4-5-11(10)13(16)17/h9-11H,2-8H2,1H3,(H,16,17). The number of aliphatic carboxylic acids is 1. The monoisotopic (exact) mass is 255 g/mol. The van der Waals surface area contributed by atoms with Gasteiger partial charge in [0.2, 0.25) is 5.91 Å². The highest BCUT2D eigenvalue weighted by atomic mass is 16.5. The zero-order chi connectivity index (χ0) is 13.1. The van der Waals surface area contributed by atoms with Gasteiger partial charge in [-0.15, -0.1) is 0 Å². The van der Waals surface area contributed by atoms with Gasteiger partial charge in [0, 0.05) is 20.2 Å². The summed E-state index contributed by atoms with van der Waals surface area (Å²) in [5.41, 5.74) is 0. The zero-order valence-corrected chi connectivity index (χ0v) is 10.8. The van der Waals surface area contributed by atoms with Crippen LogP contribution < -0.4 is 0 Å². The summed E-state index contributed by atoms with van der Waals surface area (Å²) >= 11 is 0. The van der Waals surface area contributed by atoms with Crippen molar-refractivity contribution in [3.63, 3.8) is 0 Å². The number of carboxylic acid groups (broad SMARTS) is 1. The number of carbonyl (C=O) groups excluding carboxylic acids is 1. The first-order valence-corrected chi connectivity index (χ1v) is 6.64. The van der Waals surface area contributed by atoms with E-state index in [1.54, 1.807) is 7.11 Å². The predicted molar refractivity (Wildman–Crippen MR) is 65.0 cm³/mol. The van der Waals surface area contributed by atoms with E-state index in [0.29, 0.717) is 18.9 Å². The highest BCUT2D eigenvalue weighted by molar-refractivity contribution is 5.86. The number of amides is 1. The smallest absolute Gasteiger partial charge is 0.307 e. The fourth-order valence-electron chi connectivity index (χ4n) is 2.96. The van der Waals surface area contributed by atoms with E-state index < -0.39 is 11.9 Å². The van der Waals surface area contributed by atoms with Crippen molar-refractivity contribution in [2.24, 2.45) is 17.8 Å². The number of piperidine rings is 1. The van der Waals surface area contributed by atoms with Crippen LogP contribution in [-0.4, -0.2) is 48.7 Å². The number of carboxylic acids is 1. The average Bonchev–Trinajstić information content (AvgIpc) is 2.27. The molecule has 1 aliphatic carbocycles.